The second-order valence-corrected chi connectivity index (χ2v) is 7.12. The Morgan fingerprint density at radius 2 is 1.62 bits per heavy atom. The highest BCUT2D eigenvalue weighted by Gasteiger charge is 2.23. The molecule has 0 unspecified atom stereocenters. The second kappa shape index (κ2) is 9.99. The molecule has 0 saturated carbocycles. The fourth-order valence-electron chi connectivity index (χ4n) is 3.53. The van der Waals surface area contributed by atoms with Crippen molar-refractivity contribution >= 4 is 23.1 Å². The van der Waals surface area contributed by atoms with Crippen molar-refractivity contribution < 1.29 is 28.8 Å². The lowest BCUT2D eigenvalue weighted by Crippen LogP contribution is -2.19. The lowest BCUT2D eigenvalue weighted by molar-refractivity contribution is -0.384. The molecule has 32 heavy (non-hydrogen) atoms. The molecule has 10 heteroatoms. The van der Waals surface area contributed by atoms with E-state index in [2.05, 4.69) is 5.16 Å². The number of carbonyl (C=O) groups excluding carboxylic acids is 1. The van der Waals surface area contributed by atoms with Gasteiger partial charge in [0.15, 0.2) is 11.5 Å². The van der Waals surface area contributed by atoms with Gasteiger partial charge in [-0.05, 0) is 38.0 Å². The zero-order chi connectivity index (χ0) is 23.3. The van der Waals surface area contributed by atoms with Gasteiger partial charge in [0.05, 0.1) is 37.5 Å². The number of rotatable bonds is 8. The molecule has 1 saturated heterocycles. The molecule has 0 spiro atoms. The molecule has 2 aromatic rings. The van der Waals surface area contributed by atoms with Gasteiger partial charge in [-0.15, -0.1) is 0 Å². The van der Waals surface area contributed by atoms with Gasteiger partial charge in [0, 0.05) is 24.7 Å². The number of hydrogen-bond acceptors (Lipinski definition) is 9. The maximum Gasteiger partial charge on any atom is 0.366 e. The van der Waals surface area contributed by atoms with Crippen molar-refractivity contribution in [3.8, 4) is 17.2 Å². The Hall–Kier alpha value is -3.82. The predicted octanol–water partition coefficient (Wildman–Crippen LogP) is 3.80. The van der Waals surface area contributed by atoms with E-state index in [1.807, 2.05) is 4.90 Å². The average molecular weight is 443 g/mol. The molecule has 3 rings (SSSR count). The summed E-state index contributed by atoms with van der Waals surface area (Å²) in [5.41, 5.74) is 1.53. The molecule has 2 aromatic carbocycles. The first-order valence-electron chi connectivity index (χ1n) is 9.99. The molecule has 1 aliphatic rings. The Bertz CT molecular complexity index is 1020. The van der Waals surface area contributed by atoms with E-state index in [9.17, 15) is 14.9 Å². The number of ether oxygens (including phenoxy) is 3. The summed E-state index contributed by atoms with van der Waals surface area (Å²) in [5.74, 6) is 0.198. The van der Waals surface area contributed by atoms with Crippen molar-refractivity contribution in [2.45, 2.75) is 19.8 Å². The number of nitro benzene ring substituents is 1. The van der Waals surface area contributed by atoms with Crippen LogP contribution in [0.3, 0.4) is 0 Å². The summed E-state index contributed by atoms with van der Waals surface area (Å²) in [5, 5.41) is 15.5. The monoisotopic (exact) mass is 443 g/mol. The van der Waals surface area contributed by atoms with Crippen molar-refractivity contribution in [2.24, 2.45) is 5.16 Å². The number of anilines is 1. The van der Waals surface area contributed by atoms with E-state index in [1.165, 1.54) is 39.5 Å². The minimum atomic E-state index is -0.744. The quantitative estimate of drug-likeness (QED) is 0.262. The summed E-state index contributed by atoms with van der Waals surface area (Å²) in [6, 6.07) is 7.78. The molecule has 0 bridgehead atoms. The molecule has 1 fully saturated rings. The third-order valence-electron chi connectivity index (χ3n) is 5.20. The molecule has 0 amide bonds. The molecule has 0 aliphatic carbocycles. The van der Waals surface area contributed by atoms with Crippen LogP contribution in [0.25, 0.3) is 0 Å². The van der Waals surface area contributed by atoms with Crippen LogP contribution in [0, 0.1) is 10.1 Å². The molecule has 170 valence electrons. The van der Waals surface area contributed by atoms with E-state index in [1.54, 1.807) is 19.1 Å². The molecular formula is C22H25N3O7. The standard InChI is InChI=1S/C22H25N3O7/c1-14(15-7-8-17(18(11-15)25(27)28)24-9-5-6-10-24)23-32-22(26)16-12-19(29-2)21(31-4)20(13-16)30-3/h7-8,11-13H,5-6,9-10H2,1-4H3/b23-14+. The first-order chi connectivity index (χ1) is 15.4. The van der Waals surface area contributed by atoms with Crippen molar-refractivity contribution in [2.75, 3.05) is 39.3 Å². The lowest BCUT2D eigenvalue weighted by atomic mass is 10.1. The smallest absolute Gasteiger partial charge is 0.366 e. The summed E-state index contributed by atoms with van der Waals surface area (Å²) in [4.78, 5) is 30.8. The van der Waals surface area contributed by atoms with Gasteiger partial charge in [-0.3, -0.25) is 10.1 Å². The van der Waals surface area contributed by atoms with Gasteiger partial charge in [-0.1, -0.05) is 11.2 Å². The molecule has 1 aliphatic heterocycles. The van der Waals surface area contributed by atoms with Crippen LogP contribution >= 0.6 is 0 Å². The number of nitro groups is 1. The number of oxime groups is 1. The van der Waals surface area contributed by atoms with Gasteiger partial charge >= 0.3 is 5.97 Å². The SMILES string of the molecule is COc1cc(C(=O)O/N=C(\C)c2ccc(N3CCCC3)c([N+](=O)[O-])c2)cc(OC)c1OC. The molecule has 0 aromatic heterocycles. The fourth-order valence-corrected chi connectivity index (χ4v) is 3.53. The van der Waals surface area contributed by atoms with Crippen LogP contribution in [-0.2, 0) is 4.84 Å². The first-order valence-corrected chi connectivity index (χ1v) is 9.99. The van der Waals surface area contributed by atoms with E-state index in [4.69, 9.17) is 19.0 Å². The first kappa shape index (κ1) is 22.9. The van der Waals surface area contributed by atoms with E-state index in [-0.39, 0.29) is 11.3 Å². The fraction of sp³-hybridized carbons (Fsp3) is 0.364. The van der Waals surface area contributed by atoms with E-state index >= 15 is 0 Å². The Morgan fingerprint density at radius 1 is 1.00 bits per heavy atom. The van der Waals surface area contributed by atoms with Crippen LogP contribution in [-0.4, -0.2) is 51.0 Å². The molecular weight excluding hydrogens is 418 g/mol. The molecule has 10 nitrogen and oxygen atoms in total. The Balaban J connectivity index is 1.83. The largest absolute Gasteiger partial charge is 0.493 e. The second-order valence-electron chi connectivity index (χ2n) is 7.12. The molecule has 0 N–H and O–H groups in total. The third-order valence-corrected chi connectivity index (χ3v) is 5.20. The highest BCUT2D eigenvalue weighted by molar-refractivity contribution is 6.00. The summed E-state index contributed by atoms with van der Waals surface area (Å²) >= 11 is 0. The zero-order valence-electron chi connectivity index (χ0n) is 18.4. The van der Waals surface area contributed by atoms with E-state index in [0.29, 0.717) is 34.2 Å². The predicted molar refractivity (Wildman–Crippen MR) is 118 cm³/mol. The zero-order valence-corrected chi connectivity index (χ0v) is 18.4. The summed E-state index contributed by atoms with van der Waals surface area (Å²) < 4.78 is 15.7. The average Bonchev–Trinajstić information content (AvgIpc) is 3.35. The van der Waals surface area contributed by atoms with Crippen molar-refractivity contribution in [3.05, 3.63) is 51.6 Å². The molecule has 1 heterocycles. The van der Waals surface area contributed by atoms with Gasteiger partial charge in [0.2, 0.25) is 5.75 Å². The Labute approximate surface area is 185 Å². The maximum absolute atomic E-state index is 12.5. The minimum Gasteiger partial charge on any atom is -0.493 e. The molecule has 0 radical (unpaired) electrons. The number of methoxy groups -OCH3 is 3. The van der Waals surface area contributed by atoms with Crippen LogP contribution in [0.2, 0.25) is 0 Å². The van der Waals surface area contributed by atoms with Crippen molar-refractivity contribution in [3.63, 3.8) is 0 Å². The van der Waals surface area contributed by atoms with Crippen LogP contribution < -0.4 is 19.1 Å². The normalized spacial score (nSPS) is 13.6. The third kappa shape index (κ3) is 4.74. The van der Waals surface area contributed by atoms with Crippen LogP contribution in [0.15, 0.2) is 35.5 Å². The number of carbonyl (C=O) groups is 1. The lowest BCUT2D eigenvalue weighted by Gasteiger charge is -2.17. The van der Waals surface area contributed by atoms with E-state index < -0.39 is 10.9 Å². The summed E-state index contributed by atoms with van der Waals surface area (Å²) in [7, 11) is 4.33. The van der Waals surface area contributed by atoms with Gasteiger partial charge in [-0.25, -0.2) is 4.79 Å². The van der Waals surface area contributed by atoms with Crippen LogP contribution in [0.1, 0.15) is 35.7 Å². The number of benzene rings is 2. The van der Waals surface area contributed by atoms with Crippen LogP contribution in [0.4, 0.5) is 11.4 Å². The Kier molecular flexibility index (Phi) is 7.14. The Morgan fingerprint density at radius 3 is 2.16 bits per heavy atom. The topological polar surface area (TPSA) is 113 Å². The van der Waals surface area contributed by atoms with Crippen molar-refractivity contribution in [1.82, 2.24) is 0 Å². The molecule has 0 atom stereocenters. The number of nitrogens with zero attached hydrogens (tertiary/aromatic N) is 3. The van der Waals surface area contributed by atoms with Gasteiger partial charge in [-0.2, -0.15) is 0 Å². The van der Waals surface area contributed by atoms with Crippen molar-refractivity contribution in [1.29, 1.82) is 0 Å². The minimum absolute atomic E-state index is 0.00472. The maximum atomic E-state index is 12.5. The van der Waals surface area contributed by atoms with Gasteiger partial charge in [0.25, 0.3) is 5.69 Å². The number of hydrogen-bond donors (Lipinski definition) is 0. The van der Waals surface area contributed by atoms with E-state index in [0.717, 1.165) is 25.9 Å². The van der Waals surface area contributed by atoms with Gasteiger partial charge < -0.3 is 23.9 Å². The van der Waals surface area contributed by atoms with Gasteiger partial charge in [0.1, 0.15) is 5.69 Å². The summed E-state index contributed by atoms with van der Waals surface area (Å²) in [6.07, 6.45) is 2.02. The summed E-state index contributed by atoms with van der Waals surface area (Å²) in [6.45, 7) is 3.19. The highest BCUT2D eigenvalue weighted by atomic mass is 16.7. The van der Waals surface area contributed by atoms with Crippen LogP contribution in [0.5, 0.6) is 17.2 Å². The highest BCUT2D eigenvalue weighted by Crippen LogP contribution is 2.38.